The standard InChI is InChI=1S/C22H21N7O2/c1-13-5-4-6-17-16(13)11-15(24-17)12-29-20(30)18-19(28(3)22(29)31)26-21(27(18)2)25-14-7-9-23-10-8-14/h4-11,24H,12H2,1-3H3,(H,23,25,26). The molecule has 0 spiro atoms. The number of aromatic nitrogens is 6. The molecule has 156 valence electrons. The van der Waals surface area contributed by atoms with Crippen molar-refractivity contribution in [3.63, 3.8) is 0 Å². The minimum absolute atomic E-state index is 0.147. The van der Waals surface area contributed by atoms with E-state index in [4.69, 9.17) is 0 Å². The lowest BCUT2D eigenvalue weighted by molar-refractivity contribution is 0.648. The average Bonchev–Trinajstić information content (AvgIpc) is 3.32. The van der Waals surface area contributed by atoms with Crippen molar-refractivity contribution < 1.29 is 0 Å². The third kappa shape index (κ3) is 3.02. The Hall–Kier alpha value is -4.14. The number of H-pyrrole nitrogens is 1. The molecule has 4 aromatic heterocycles. The van der Waals surface area contributed by atoms with E-state index in [1.165, 1.54) is 9.13 Å². The molecule has 0 aliphatic rings. The van der Waals surface area contributed by atoms with Gasteiger partial charge in [-0.25, -0.2) is 4.79 Å². The van der Waals surface area contributed by atoms with Crippen LogP contribution in [0.2, 0.25) is 0 Å². The molecule has 9 nitrogen and oxygen atoms in total. The van der Waals surface area contributed by atoms with Crippen LogP contribution in [-0.4, -0.2) is 28.7 Å². The van der Waals surface area contributed by atoms with Crippen LogP contribution in [0.3, 0.4) is 0 Å². The van der Waals surface area contributed by atoms with Crippen LogP contribution in [0, 0.1) is 6.92 Å². The number of hydrogen-bond donors (Lipinski definition) is 2. The van der Waals surface area contributed by atoms with Crippen LogP contribution < -0.4 is 16.6 Å². The van der Waals surface area contributed by atoms with Crippen LogP contribution in [0.5, 0.6) is 0 Å². The molecule has 0 saturated carbocycles. The lowest BCUT2D eigenvalue weighted by Gasteiger charge is -2.08. The molecule has 0 atom stereocenters. The lowest BCUT2D eigenvalue weighted by atomic mass is 10.1. The summed E-state index contributed by atoms with van der Waals surface area (Å²) in [5, 5.41) is 4.25. The molecule has 0 fully saturated rings. The van der Waals surface area contributed by atoms with Crippen LogP contribution in [0.1, 0.15) is 11.3 Å². The third-order valence-corrected chi connectivity index (χ3v) is 5.56. The summed E-state index contributed by atoms with van der Waals surface area (Å²) in [6.07, 6.45) is 3.32. The van der Waals surface area contributed by atoms with E-state index in [0.29, 0.717) is 17.1 Å². The van der Waals surface area contributed by atoms with Gasteiger partial charge in [0.25, 0.3) is 5.56 Å². The summed E-state index contributed by atoms with van der Waals surface area (Å²) < 4.78 is 4.31. The Bertz CT molecular complexity index is 1550. The molecule has 0 unspecified atom stereocenters. The van der Waals surface area contributed by atoms with Crippen molar-refractivity contribution in [1.82, 2.24) is 28.7 Å². The van der Waals surface area contributed by atoms with Gasteiger partial charge in [-0.1, -0.05) is 12.1 Å². The van der Waals surface area contributed by atoms with Gasteiger partial charge in [0.15, 0.2) is 11.2 Å². The Balaban J connectivity index is 1.63. The number of benzene rings is 1. The lowest BCUT2D eigenvalue weighted by Crippen LogP contribution is -2.39. The van der Waals surface area contributed by atoms with Crippen molar-refractivity contribution in [2.75, 3.05) is 5.32 Å². The van der Waals surface area contributed by atoms with Gasteiger partial charge < -0.3 is 14.9 Å². The van der Waals surface area contributed by atoms with Crippen LogP contribution >= 0.6 is 0 Å². The molecule has 5 rings (SSSR count). The smallest absolute Gasteiger partial charge is 0.332 e. The van der Waals surface area contributed by atoms with Gasteiger partial charge in [-0.15, -0.1) is 0 Å². The Morgan fingerprint density at radius 2 is 1.84 bits per heavy atom. The molecule has 31 heavy (non-hydrogen) atoms. The second-order valence-electron chi connectivity index (χ2n) is 7.59. The Kier molecular flexibility index (Phi) is 4.25. The molecule has 0 radical (unpaired) electrons. The zero-order valence-electron chi connectivity index (χ0n) is 17.4. The summed E-state index contributed by atoms with van der Waals surface area (Å²) in [6.45, 7) is 2.18. The minimum Gasteiger partial charge on any atom is -0.357 e. The number of nitrogens with zero attached hydrogens (tertiary/aromatic N) is 5. The van der Waals surface area contributed by atoms with Crippen LogP contribution in [-0.2, 0) is 20.6 Å². The number of imidazole rings is 1. The highest BCUT2D eigenvalue weighted by Gasteiger charge is 2.19. The van der Waals surface area contributed by atoms with Crippen LogP contribution in [0.4, 0.5) is 11.6 Å². The van der Waals surface area contributed by atoms with Gasteiger partial charge in [0.2, 0.25) is 5.95 Å². The molecule has 5 aromatic rings. The largest absolute Gasteiger partial charge is 0.357 e. The maximum Gasteiger partial charge on any atom is 0.332 e. The SMILES string of the molecule is Cc1cccc2[nH]c(Cn3c(=O)c4c(nc(Nc5ccncc5)n4C)n(C)c3=O)cc12. The van der Waals surface area contributed by atoms with Crippen molar-refractivity contribution >= 4 is 33.7 Å². The summed E-state index contributed by atoms with van der Waals surface area (Å²) in [6, 6.07) is 11.6. The highest BCUT2D eigenvalue weighted by Crippen LogP contribution is 2.20. The van der Waals surface area contributed by atoms with Crippen molar-refractivity contribution in [3.8, 4) is 0 Å². The summed E-state index contributed by atoms with van der Waals surface area (Å²) in [5.74, 6) is 0.465. The monoisotopic (exact) mass is 415 g/mol. The minimum atomic E-state index is -0.415. The Morgan fingerprint density at radius 1 is 1.06 bits per heavy atom. The summed E-state index contributed by atoms with van der Waals surface area (Å²) in [4.78, 5) is 38.1. The van der Waals surface area contributed by atoms with Gasteiger partial charge in [0.1, 0.15) is 0 Å². The fourth-order valence-corrected chi connectivity index (χ4v) is 3.88. The molecule has 0 aliphatic carbocycles. The molecular weight excluding hydrogens is 394 g/mol. The number of aryl methyl sites for hydroxylation is 3. The summed E-state index contributed by atoms with van der Waals surface area (Å²) in [5.41, 5.74) is 3.57. The predicted octanol–water partition coefficient (Wildman–Crippen LogP) is 2.41. The first-order chi connectivity index (χ1) is 14.9. The van der Waals surface area contributed by atoms with Gasteiger partial charge in [-0.3, -0.25) is 18.9 Å². The van der Waals surface area contributed by atoms with Crippen LogP contribution in [0.15, 0.2) is 58.4 Å². The molecule has 0 amide bonds. The van der Waals surface area contributed by atoms with Crippen molar-refractivity contribution in [3.05, 3.63) is 80.9 Å². The molecule has 0 aliphatic heterocycles. The second kappa shape index (κ2) is 6.98. The number of fused-ring (bicyclic) bond motifs is 2. The molecule has 4 heterocycles. The predicted molar refractivity (Wildman–Crippen MR) is 120 cm³/mol. The Labute approximate surface area is 176 Å². The molecular formula is C22H21N7O2. The highest BCUT2D eigenvalue weighted by molar-refractivity contribution is 5.83. The number of hydrogen-bond acceptors (Lipinski definition) is 5. The van der Waals surface area contributed by atoms with Crippen LogP contribution in [0.25, 0.3) is 22.1 Å². The van der Waals surface area contributed by atoms with E-state index in [-0.39, 0.29) is 12.1 Å². The van der Waals surface area contributed by atoms with E-state index in [9.17, 15) is 9.59 Å². The number of aromatic amines is 1. The van der Waals surface area contributed by atoms with Crippen molar-refractivity contribution in [1.29, 1.82) is 0 Å². The van der Waals surface area contributed by atoms with Crippen molar-refractivity contribution in [2.45, 2.75) is 13.5 Å². The molecule has 0 saturated heterocycles. The van der Waals surface area contributed by atoms with E-state index in [1.807, 2.05) is 31.2 Å². The fourth-order valence-electron chi connectivity index (χ4n) is 3.88. The zero-order chi connectivity index (χ0) is 21.7. The first kappa shape index (κ1) is 18.9. The van der Waals surface area contributed by atoms with Gasteiger partial charge in [0.05, 0.1) is 6.54 Å². The summed E-state index contributed by atoms with van der Waals surface area (Å²) in [7, 11) is 3.38. The highest BCUT2D eigenvalue weighted by atomic mass is 16.2. The number of pyridine rings is 1. The first-order valence-electron chi connectivity index (χ1n) is 9.84. The molecule has 9 heteroatoms. The maximum absolute atomic E-state index is 13.3. The average molecular weight is 415 g/mol. The maximum atomic E-state index is 13.3. The number of nitrogens with one attached hydrogen (secondary N) is 2. The normalized spacial score (nSPS) is 11.5. The van der Waals surface area contributed by atoms with Gasteiger partial charge >= 0.3 is 5.69 Å². The first-order valence-corrected chi connectivity index (χ1v) is 9.84. The molecule has 2 N–H and O–H groups in total. The molecule has 1 aromatic carbocycles. The summed E-state index contributed by atoms with van der Waals surface area (Å²) >= 11 is 0. The Morgan fingerprint density at radius 3 is 2.58 bits per heavy atom. The van der Waals surface area contributed by atoms with Crippen molar-refractivity contribution in [2.24, 2.45) is 14.1 Å². The number of anilines is 2. The van der Waals surface area contributed by atoms with E-state index < -0.39 is 5.69 Å². The fraction of sp³-hybridized carbons (Fsp3) is 0.182. The van der Waals surface area contributed by atoms with Gasteiger partial charge in [-0.2, -0.15) is 4.98 Å². The van der Waals surface area contributed by atoms with E-state index in [0.717, 1.165) is 27.8 Å². The quantitative estimate of drug-likeness (QED) is 0.469. The van der Waals surface area contributed by atoms with E-state index >= 15 is 0 Å². The molecule has 0 bridgehead atoms. The zero-order valence-corrected chi connectivity index (χ0v) is 17.4. The van der Waals surface area contributed by atoms with E-state index in [1.54, 1.807) is 43.2 Å². The third-order valence-electron chi connectivity index (χ3n) is 5.56. The van der Waals surface area contributed by atoms with E-state index in [2.05, 4.69) is 20.3 Å². The number of rotatable bonds is 4. The second-order valence-corrected chi connectivity index (χ2v) is 7.59. The van der Waals surface area contributed by atoms with Gasteiger partial charge in [-0.05, 0) is 36.8 Å². The topological polar surface area (TPSA) is 103 Å². The van der Waals surface area contributed by atoms with Gasteiger partial charge in [0, 0.05) is 48.8 Å².